The van der Waals surface area contributed by atoms with Gasteiger partial charge in [-0.05, 0) is 62.2 Å². The van der Waals surface area contributed by atoms with Crippen LogP contribution >= 0.6 is 0 Å². The van der Waals surface area contributed by atoms with Crippen LogP contribution in [0.2, 0.25) is 0 Å². The molecule has 6 nitrogen and oxygen atoms in total. The van der Waals surface area contributed by atoms with Gasteiger partial charge in [0.15, 0.2) is 0 Å². The van der Waals surface area contributed by atoms with E-state index >= 15 is 0 Å². The molecule has 2 N–H and O–H groups in total. The molecular formula is C23H22N4O2. The van der Waals surface area contributed by atoms with Gasteiger partial charge in [-0.25, -0.2) is 9.97 Å². The molecule has 29 heavy (non-hydrogen) atoms. The molecule has 1 unspecified atom stereocenters. The van der Waals surface area contributed by atoms with Crippen LogP contribution in [0.3, 0.4) is 0 Å². The standard InChI is InChI=1S/C23H22N4O2/c1-12-13(2)25-22-8-14(4-6-20(22)24-12)23(28)26-15-9-17-18-11-16(29-3)5-7-19(18)27-21(17)10-15/h4-8,11,15,27H,9-10H2,1-3H3,(H,26,28). The van der Waals surface area contributed by atoms with Crippen molar-refractivity contribution >= 4 is 27.8 Å². The van der Waals surface area contributed by atoms with Crippen LogP contribution in [0.25, 0.3) is 21.9 Å². The summed E-state index contributed by atoms with van der Waals surface area (Å²) in [6.45, 7) is 3.87. The predicted octanol–water partition coefficient (Wildman–Crippen LogP) is 3.63. The monoisotopic (exact) mass is 386 g/mol. The second-order valence-corrected chi connectivity index (χ2v) is 7.67. The van der Waals surface area contributed by atoms with Gasteiger partial charge < -0.3 is 15.0 Å². The molecule has 2 heterocycles. The Morgan fingerprint density at radius 1 is 1.07 bits per heavy atom. The summed E-state index contributed by atoms with van der Waals surface area (Å²) in [5.74, 6) is 0.763. The topological polar surface area (TPSA) is 79.9 Å². The Hall–Kier alpha value is -3.41. The van der Waals surface area contributed by atoms with Gasteiger partial charge in [0.05, 0.1) is 29.5 Å². The maximum Gasteiger partial charge on any atom is 0.251 e. The number of hydrogen-bond donors (Lipinski definition) is 2. The molecule has 4 aromatic rings. The van der Waals surface area contributed by atoms with Crippen LogP contribution in [0.15, 0.2) is 36.4 Å². The summed E-state index contributed by atoms with van der Waals surface area (Å²) in [5, 5.41) is 4.34. The number of nitrogens with one attached hydrogen (secondary N) is 2. The normalized spacial score (nSPS) is 15.6. The zero-order valence-corrected chi connectivity index (χ0v) is 16.7. The Morgan fingerprint density at radius 3 is 2.66 bits per heavy atom. The van der Waals surface area contributed by atoms with E-state index in [2.05, 4.69) is 26.3 Å². The zero-order valence-electron chi connectivity index (χ0n) is 16.7. The highest BCUT2D eigenvalue weighted by Gasteiger charge is 2.27. The lowest BCUT2D eigenvalue weighted by molar-refractivity contribution is 0.0938. The van der Waals surface area contributed by atoms with Gasteiger partial charge >= 0.3 is 0 Å². The summed E-state index contributed by atoms with van der Waals surface area (Å²) in [7, 11) is 1.67. The fourth-order valence-electron chi connectivity index (χ4n) is 4.12. The average Bonchev–Trinajstić information content (AvgIpc) is 3.25. The number of carbonyl (C=O) groups excluding carboxylic acids is 1. The smallest absolute Gasteiger partial charge is 0.251 e. The number of aromatic nitrogens is 3. The van der Waals surface area contributed by atoms with Crippen LogP contribution in [0, 0.1) is 13.8 Å². The van der Waals surface area contributed by atoms with Crippen molar-refractivity contribution in [3.63, 3.8) is 0 Å². The Labute approximate surface area is 168 Å². The molecule has 1 aliphatic carbocycles. The van der Waals surface area contributed by atoms with Crippen molar-refractivity contribution in [1.29, 1.82) is 0 Å². The van der Waals surface area contributed by atoms with Crippen LogP contribution in [0.1, 0.15) is 33.0 Å². The van der Waals surface area contributed by atoms with E-state index in [4.69, 9.17) is 4.74 Å². The summed E-state index contributed by atoms with van der Waals surface area (Å²) in [6.07, 6.45) is 1.60. The van der Waals surface area contributed by atoms with Crippen molar-refractivity contribution in [1.82, 2.24) is 20.3 Å². The third-order valence-electron chi connectivity index (χ3n) is 5.78. The van der Waals surface area contributed by atoms with Crippen LogP contribution in [0.4, 0.5) is 0 Å². The maximum absolute atomic E-state index is 12.8. The number of hydrogen-bond acceptors (Lipinski definition) is 4. The highest BCUT2D eigenvalue weighted by atomic mass is 16.5. The van der Waals surface area contributed by atoms with Crippen molar-refractivity contribution in [2.24, 2.45) is 0 Å². The molecule has 0 bridgehead atoms. The molecular weight excluding hydrogens is 364 g/mol. The third kappa shape index (κ3) is 3.01. The van der Waals surface area contributed by atoms with Crippen molar-refractivity contribution in [2.45, 2.75) is 32.7 Å². The number of methoxy groups -OCH3 is 1. The van der Waals surface area contributed by atoms with E-state index < -0.39 is 0 Å². The number of H-pyrrole nitrogens is 1. The van der Waals surface area contributed by atoms with Crippen LogP contribution in [-0.2, 0) is 12.8 Å². The van der Waals surface area contributed by atoms with E-state index in [1.807, 2.05) is 44.2 Å². The van der Waals surface area contributed by atoms with Gasteiger partial charge in [0.1, 0.15) is 5.75 Å². The molecule has 6 heteroatoms. The van der Waals surface area contributed by atoms with Gasteiger partial charge in [0.25, 0.3) is 5.91 Å². The number of carbonyl (C=O) groups is 1. The molecule has 5 rings (SSSR count). The van der Waals surface area contributed by atoms with Gasteiger partial charge in [-0.2, -0.15) is 0 Å². The molecule has 0 aliphatic heterocycles. The first-order valence-corrected chi connectivity index (χ1v) is 9.75. The molecule has 1 aliphatic rings. The van der Waals surface area contributed by atoms with E-state index in [0.717, 1.165) is 46.5 Å². The molecule has 2 aromatic heterocycles. The van der Waals surface area contributed by atoms with E-state index in [1.54, 1.807) is 7.11 Å². The summed E-state index contributed by atoms with van der Waals surface area (Å²) in [6, 6.07) is 11.6. The largest absolute Gasteiger partial charge is 0.497 e. The minimum Gasteiger partial charge on any atom is -0.497 e. The second kappa shape index (κ2) is 6.58. The summed E-state index contributed by atoms with van der Waals surface area (Å²) < 4.78 is 5.36. The molecule has 0 saturated heterocycles. The minimum absolute atomic E-state index is 0.0703. The Bertz CT molecular complexity index is 1280. The first kappa shape index (κ1) is 17.7. The van der Waals surface area contributed by atoms with E-state index in [9.17, 15) is 4.79 Å². The number of fused-ring (bicyclic) bond motifs is 4. The molecule has 0 spiro atoms. The maximum atomic E-state index is 12.8. The number of rotatable bonds is 3. The fraction of sp³-hybridized carbons (Fsp3) is 0.261. The number of nitrogens with zero attached hydrogens (tertiary/aromatic N) is 2. The molecule has 0 fully saturated rings. The minimum atomic E-state index is -0.0797. The fourth-order valence-corrected chi connectivity index (χ4v) is 4.12. The van der Waals surface area contributed by atoms with Crippen LogP contribution in [0.5, 0.6) is 5.75 Å². The number of aryl methyl sites for hydroxylation is 2. The Morgan fingerprint density at radius 2 is 1.86 bits per heavy atom. The lowest BCUT2D eigenvalue weighted by Gasteiger charge is -2.13. The molecule has 1 atom stereocenters. The number of ether oxygens (including phenoxy) is 1. The second-order valence-electron chi connectivity index (χ2n) is 7.67. The van der Waals surface area contributed by atoms with Gasteiger partial charge in [-0.15, -0.1) is 0 Å². The first-order valence-electron chi connectivity index (χ1n) is 9.75. The van der Waals surface area contributed by atoms with Gasteiger partial charge in [0, 0.05) is 34.6 Å². The highest BCUT2D eigenvalue weighted by molar-refractivity contribution is 5.97. The molecule has 1 amide bonds. The summed E-state index contributed by atoms with van der Waals surface area (Å²) >= 11 is 0. The molecule has 2 aromatic carbocycles. The highest BCUT2D eigenvalue weighted by Crippen LogP contribution is 2.32. The third-order valence-corrected chi connectivity index (χ3v) is 5.78. The van der Waals surface area contributed by atoms with Crippen molar-refractivity contribution < 1.29 is 9.53 Å². The lowest BCUT2D eigenvalue weighted by Crippen LogP contribution is -2.35. The molecule has 0 saturated carbocycles. The van der Waals surface area contributed by atoms with Gasteiger partial charge in [-0.1, -0.05) is 0 Å². The van der Waals surface area contributed by atoms with E-state index in [-0.39, 0.29) is 11.9 Å². The molecule has 146 valence electrons. The lowest BCUT2D eigenvalue weighted by atomic mass is 10.1. The Balaban J connectivity index is 1.37. The predicted molar refractivity (Wildman–Crippen MR) is 113 cm³/mol. The summed E-state index contributed by atoms with van der Waals surface area (Å²) in [4.78, 5) is 25.4. The first-order chi connectivity index (χ1) is 14.0. The zero-order chi connectivity index (χ0) is 20.1. The van der Waals surface area contributed by atoms with Gasteiger partial charge in [-0.3, -0.25) is 4.79 Å². The SMILES string of the molecule is COc1ccc2[nH]c3c(c2c1)CC(NC(=O)c1ccc2nc(C)c(C)nc2c1)C3. The van der Waals surface area contributed by atoms with E-state index in [1.165, 1.54) is 16.6 Å². The number of benzene rings is 2. The van der Waals surface area contributed by atoms with Gasteiger partial charge in [0.2, 0.25) is 0 Å². The molecule has 0 radical (unpaired) electrons. The average molecular weight is 386 g/mol. The van der Waals surface area contributed by atoms with Crippen molar-refractivity contribution in [3.05, 3.63) is 64.6 Å². The van der Waals surface area contributed by atoms with Crippen molar-refractivity contribution in [3.8, 4) is 5.75 Å². The number of aromatic amines is 1. The van der Waals surface area contributed by atoms with Crippen LogP contribution in [-0.4, -0.2) is 34.0 Å². The van der Waals surface area contributed by atoms with Crippen molar-refractivity contribution in [2.75, 3.05) is 7.11 Å². The summed E-state index contributed by atoms with van der Waals surface area (Å²) in [5.41, 5.74) is 7.51. The quantitative estimate of drug-likeness (QED) is 0.563. The van der Waals surface area contributed by atoms with E-state index in [0.29, 0.717) is 5.56 Å². The van der Waals surface area contributed by atoms with Crippen LogP contribution < -0.4 is 10.1 Å². The number of amides is 1. The Kier molecular flexibility index (Phi) is 4.01.